The minimum absolute atomic E-state index is 0.115. The summed E-state index contributed by atoms with van der Waals surface area (Å²) in [6.45, 7) is 6.38. The minimum Gasteiger partial charge on any atom is -0.347 e. The first-order valence-electron chi connectivity index (χ1n) is 6.96. The highest BCUT2D eigenvalue weighted by Gasteiger charge is 2.15. The number of amides is 1. The number of hydrogen-bond donors (Lipinski definition) is 2. The lowest BCUT2D eigenvalue weighted by molar-refractivity contribution is 0.0919. The fourth-order valence-corrected chi connectivity index (χ4v) is 1.97. The average Bonchev–Trinajstić information content (AvgIpc) is 2.46. The Labute approximate surface area is 125 Å². The average molecular weight is 283 g/mol. The quantitative estimate of drug-likeness (QED) is 0.910. The largest absolute Gasteiger partial charge is 0.347 e. The summed E-state index contributed by atoms with van der Waals surface area (Å²) in [7, 11) is 0. The summed E-state index contributed by atoms with van der Waals surface area (Å²) in [5, 5.41) is 2.94. The smallest absolute Gasteiger partial charge is 0.253 e. The van der Waals surface area contributed by atoms with Gasteiger partial charge in [0.1, 0.15) is 0 Å². The van der Waals surface area contributed by atoms with E-state index in [2.05, 4.69) is 10.3 Å². The van der Waals surface area contributed by atoms with E-state index >= 15 is 0 Å². The Bertz CT molecular complexity index is 627. The van der Waals surface area contributed by atoms with Gasteiger partial charge in [0.15, 0.2) is 0 Å². The van der Waals surface area contributed by atoms with E-state index in [1.165, 1.54) is 0 Å². The summed E-state index contributed by atoms with van der Waals surface area (Å²) >= 11 is 0. The Hall–Kier alpha value is -2.20. The Morgan fingerprint density at radius 1 is 1.14 bits per heavy atom. The molecule has 0 bridgehead atoms. The molecule has 1 heterocycles. The molecule has 0 unspecified atom stereocenters. The van der Waals surface area contributed by atoms with Crippen molar-refractivity contribution in [3.63, 3.8) is 0 Å². The van der Waals surface area contributed by atoms with Crippen LogP contribution in [0.1, 0.15) is 36.7 Å². The fraction of sp³-hybridized carbons (Fsp3) is 0.294. The molecule has 2 rings (SSSR count). The van der Waals surface area contributed by atoms with Gasteiger partial charge in [0.05, 0.1) is 5.56 Å². The predicted octanol–water partition coefficient (Wildman–Crippen LogP) is 2.74. The van der Waals surface area contributed by atoms with Gasteiger partial charge >= 0.3 is 0 Å². The van der Waals surface area contributed by atoms with E-state index in [9.17, 15) is 4.79 Å². The molecule has 0 atom stereocenters. The highest BCUT2D eigenvalue weighted by Crippen LogP contribution is 2.20. The second kappa shape index (κ2) is 6.06. The zero-order valence-corrected chi connectivity index (χ0v) is 12.7. The molecule has 0 fully saturated rings. The molecular formula is C17H21N3O. The van der Waals surface area contributed by atoms with Crippen molar-refractivity contribution in [2.75, 3.05) is 0 Å². The highest BCUT2D eigenvalue weighted by molar-refractivity contribution is 5.95. The van der Waals surface area contributed by atoms with Crippen molar-refractivity contribution in [2.24, 2.45) is 5.73 Å². The van der Waals surface area contributed by atoms with Crippen LogP contribution in [0.5, 0.6) is 0 Å². The van der Waals surface area contributed by atoms with Gasteiger partial charge in [0.25, 0.3) is 5.91 Å². The van der Waals surface area contributed by atoms with Gasteiger partial charge in [-0.2, -0.15) is 0 Å². The van der Waals surface area contributed by atoms with Crippen molar-refractivity contribution < 1.29 is 4.79 Å². The fourth-order valence-electron chi connectivity index (χ4n) is 1.97. The predicted molar refractivity (Wildman–Crippen MR) is 84.8 cm³/mol. The van der Waals surface area contributed by atoms with E-state index in [0.717, 1.165) is 16.7 Å². The van der Waals surface area contributed by atoms with Crippen molar-refractivity contribution in [3.05, 3.63) is 53.9 Å². The van der Waals surface area contributed by atoms with Crippen LogP contribution in [0.25, 0.3) is 11.1 Å². The number of aromatic nitrogens is 1. The molecule has 1 aromatic carbocycles. The SMILES string of the molecule is CC(C)(C)NC(=O)c1cncc(-c2ccc(CN)cc2)c1. The van der Waals surface area contributed by atoms with Gasteiger partial charge in [-0.15, -0.1) is 0 Å². The van der Waals surface area contributed by atoms with E-state index < -0.39 is 0 Å². The molecule has 2 aromatic rings. The third kappa shape index (κ3) is 4.13. The summed E-state index contributed by atoms with van der Waals surface area (Å²) < 4.78 is 0. The van der Waals surface area contributed by atoms with Crippen LogP contribution < -0.4 is 11.1 Å². The zero-order chi connectivity index (χ0) is 15.5. The maximum Gasteiger partial charge on any atom is 0.253 e. The Morgan fingerprint density at radius 3 is 2.38 bits per heavy atom. The van der Waals surface area contributed by atoms with Crippen molar-refractivity contribution in [3.8, 4) is 11.1 Å². The molecule has 21 heavy (non-hydrogen) atoms. The first kappa shape index (κ1) is 15.2. The maximum atomic E-state index is 12.2. The summed E-state index contributed by atoms with van der Waals surface area (Å²) in [5.41, 5.74) is 8.90. The first-order chi connectivity index (χ1) is 9.89. The number of nitrogens with zero attached hydrogens (tertiary/aromatic N) is 1. The molecule has 0 radical (unpaired) electrons. The van der Waals surface area contributed by atoms with Crippen LogP contribution in [0.4, 0.5) is 0 Å². The lowest BCUT2D eigenvalue weighted by Crippen LogP contribution is -2.40. The van der Waals surface area contributed by atoms with Crippen LogP contribution in [0.15, 0.2) is 42.7 Å². The normalized spacial score (nSPS) is 11.2. The first-order valence-corrected chi connectivity index (χ1v) is 6.96. The number of carbonyl (C=O) groups is 1. The van der Waals surface area contributed by atoms with Crippen molar-refractivity contribution >= 4 is 5.91 Å². The van der Waals surface area contributed by atoms with Crippen LogP contribution in [-0.4, -0.2) is 16.4 Å². The number of rotatable bonds is 3. The van der Waals surface area contributed by atoms with E-state index in [1.54, 1.807) is 12.4 Å². The zero-order valence-electron chi connectivity index (χ0n) is 12.7. The number of benzene rings is 1. The maximum absolute atomic E-state index is 12.2. The van der Waals surface area contributed by atoms with Crippen molar-refractivity contribution in [1.82, 2.24) is 10.3 Å². The van der Waals surface area contributed by atoms with Gasteiger partial charge in [-0.1, -0.05) is 24.3 Å². The van der Waals surface area contributed by atoms with E-state index in [-0.39, 0.29) is 11.4 Å². The molecule has 0 aliphatic carbocycles. The van der Waals surface area contributed by atoms with Gasteiger partial charge in [0, 0.05) is 30.0 Å². The lowest BCUT2D eigenvalue weighted by atomic mass is 10.0. The van der Waals surface area contributed by atoms with Crippen LogP contribution >= 0.6 is 0 Å². The van der Waals surface area contributed by atoms with Crippen LogP contribution in [0, 0.1) is 0 Å². The number of carbonyl (C=O) groups excluding carboxylic acids is 1. The number of nitrogens with one attached hydrogen (secondary N) is 1. The molecule has 4 heteroatoms. The van der Waals surface area contributed by atoms with Gasteiger partial charge in [-0.3, -0.25) is 9.78 Å². The molecule has 4 nitrogen and oxygen atoms in total. The number of nitrogens with two attached hydrogens (primary N) is 1. The van der Waals surface area contributed by atoms with Crippen LogP contribution in [-0.2, 0) is 6.54 Å². The molecule has 110 valence electrons. The van der Waals surface area contributed by atoms with Crippen LogP contribution in [0.2, 0.25) is 0 Å². The molecule has 3 N–H and O–H groups in total. The minimum atomic E-state index is -0.268. The van der Waals surface area contributed by atoms with E-state index in [0.29, 0.717) is 12.1 Å². The third-order valence-corrected chi connectivity index (χ3v) is 3.01. The second-order valence-corrected chi connectivity index (χ2v) is 6.07. The second-order valence-electron chi connectivity index (χ2n) is 6.07. The molecule has 1 amide bonds. The molecular weight excluding hydrogens is 262 g/mol. The highest BCUT2D eigenvalue weighted by atomic mass is 16.1. The molecule has 1 aromatic heterocycles. The monoisotopic (exact) mass is 283 g/mol. The van der Waals surface area contributed by atoms with Crippen LogP contribution in [0.3, 0.4) is 0 Å². The van der Waals surface area contributed by atoms with Gasteiger partial charge in [-0.25, -0.2) is 0 Å². The van der Waals surface area contributed by atoms with Gasteiger partial charge in [0.2, 0.25) is 0 Å². The molecule has 0 aliphatic rings. The third-order valence-electron chi connectivity index (χ3n) is 3.01. The lowest BCUT2D eigenvalue weighted by Gasteiger charge is -2.20. The summed E-state index contributed by atoms with van der Waals surface area (Å²) in [5.74, 6) is -0.115. The topological polar surface area (TPSA) is 68.0 Å². The Balaban J connectivity index is 2.26. The number of pyridine rings is 1. The Morgan fingerprint density at radius 2 is 1.81 bits per heavy atom. The van der Waals surface area contributed by atoms with E-state index in [1.807, 2.05) is 51.1 Å². The van der Waals surface area contributed by atoms with Gasteiger partial charge in [-0.05, 0) is 38.0 Å². The Kier molecular flexibility index (Phi) is 4.38. The standard InChI is InChI=1S/C17H21N3O/c1-17(2,3)20-16(21)15-8-14(10-19-11-15)13-6-4-12(9-18)5-7-13/h4-8,10-11H,9,18H2,1-3H3,(H,20,21). The molecule has 0 saturated heterocycles. The van der Waals surface area contributed by atoms with Crippen molar-refractivity contribution in [1.29, 1.82) is 0 Å². The van der Waals surface area contributed by atoms with Crippen molar-refractivity contribution in [2.45, 2.75) is 32.9 Å². The summed E-state index contributed by atoms with van der Waals surface area (Å²) in [6, 6.07) is 9.80. The number of hydrogen-bond acceptors (Lipinski definition) is 3. The van der Waals surface area contributed by atoms with E-state index in [4.69, 9.17) is 5.73 Å². The van der Waals surface area contributed by atoms with Gasteiger partial charge < -0.3 is 11.1 Å². The summed E-state index contributed by atoms with van der Waals surface area (Å²) in [6.07, 6.45) is 3.34. The molecule has 0 aliphatic heterocycles. The molecule has 0 spiro atoms. The summed E-state index contributed by atoms with van der Waals surface area (Å²) in [4.78, 5) is 16.3. The molecule has 0 saturated carbocycles.